The first-order valence-corrected chi connectivity index (χ1v) is 6.50. The molecule has 1 unspecified atom stereocenters. The van der Waals surface area contributed by atoms with Gasteiger partial charge in [-0.2, -0.15) is 0 Å². The first-order chi connectivity index (χ1) is 9.03. The van der Waals surface area contributed by atoms with Gasteiger partial charge in [0.15, 0.2) is 0 Å². The molecule has 19 heavy (non-hydrogen) atoms. The smallest absolute Gasteiger partial charge is 0.128 e. The Hall–Kier alpha value is -1.74. The molecule has 2 aromatic rings. The van der Waals surface area contributed by atoms with Crippen molar-refractivity contribution in [2.45, 2.75) is 32.2 Å². The summed E-state index contributed by atoms with van der Waals surface area (Å²) in [5.41, 5.74) is 8.10. The van der Waals surface area contributed by atoms with Crippen LogP contribution in [0.25, 0.3) is 0 Å². The minimum Gasteiger partial charge on any atom is -0.321 e. The molecule has 3 heteroatoms. The second-order valence-electron chi connectivity index (χ2n) is 5.09. The fourth-order valence-electron chi connectivity index (χ4n) is 2.16. The molecule has 1 atom stereocenters. The Bertz CT molecular complexity index is 547. The molecule has 0 fully saturated rings. The monoisotopic (exact) mass is 258 g/mol. The van der Waals surface area contributed by atoms with Gasteiger partial charge in [-0.25, -0.2) is 4.39 Å². The van der Waals surface area contributed by atoms with E-state index in [2.05, 4.69) is 11.9 Å². The van der Waals surface area contributed by atoms with Gasteiger partial charge >= 0.3 is 0 Å². The Balaban J connectivity index is 2.23. The predicted molar refractivity (Wildman–Crippen MR) is 75.3 cm³/mol. The standard InChI is InChI=1S/C16H19FN2/c1-3-12-8-9-13(19-11-12)10-16(2,18)14-6-4-5-7-15(14)17/h4-9,11H,3,10,18H2,1-2H3. The number of pyridine rings is 1. The Morgan fingerprint density at radius 3 is 2.53 bits per heavy atom. The molecular formula is C16H19FN2. The van der Waals surface area contributed by atoms with E-state index in [0.717, 1.165) is 12.1 Å². The number of benzene rings is 1. The molecule has 0 aliphatic heterocycles. The van der Waals surface area contributed by atoms with Gasteiger partial charge in [-0.15, -0.1) is 0 Å². The second kappa shape index (κ2) is 5.49. The average molecular weight is 258 g/mol. The molecule has 100 valence electrons. The normalized spacial score (nSPS) is 14.1. The van der Waals surface area contributed by atoms with E-state index in [-0.39, 0.29) is 5.82 Å². The van der Waals surface area contributed by atoms with Crippen LogP contribution < -0.4 is 5.73 Å². The largest absolute Gasteiger partial charge is 0.321 e. The first-order valence-electron chi connectivity index (χ1n) is 6.50. The zero-order valence-electron chi connectivity index (χ0n) is 11.4. The van der Waals surface area contributed by atoms with Crippen molar-refractivity contribution >= 4 is 0 Å². The summed E-state index contributed by atoms with van der Waals surface area (Å²) in [6.45, 7) is 3.92. The minimum atomic E-state index is -0.758. The van der Waals surface area contributed by atoms with Crippen LogP contribution in [-0.4, -0.2) is 4.98 Å². The zero-order chi connectivity index (χ0) is 13.9. The number of nitrogens with two attached hydrogens (primary N) is 1. The van der Waals surface area contributed by atoms with Crippen LogP contribution in [0.2, 0.25) is 0 Å². The van der Waals surface area contributed by atoms with Gasteiger partial charge in [-0.05, 0) is 31.0 Å². The van der Waals surface area contributed by atoms with Crippen LogP contribution in [0.3, 0.4) is 0 Å². The molecule has 0 radical (unpaired) electrons. The molecule has 2 N–H and O–H groups in total. The van der Waals surface area contributed by atoms with Gasteiger partial charge in [-0.3, -0.25) is 4.98 Å². The highest BCUT2D eigenvalue weighted by Crippen LogP contribution is 2.24. The van der Waals surface area contributed by atoms with Gasteiger partial charge in [0, 0.05) is 29.4 Å². The van der Waals surface area contributed by atoms with E-state index in [1.54, 1.807) is 18.2 Å². The highest BCUT2D eigenvalue weighted by molar-refractivity contribution is 5.27. The van der Waals surface area contributed by atoms with Crippen molar-refractivity contribution in [3.63, 3.8) is 0 Å². The SMILES string of the molecule is CCc1ccc(CC(C)(N)c2ccccc2F)nc1. The summed E-state index contributed by atoms with van der Waals surface area (Å²) in [5.74, 6) is -0.266. The maximum absolute atomic E-state index is 13.8. The van der Waals surface area contributed by atoms with E-state index in [0.29, 0.717) is 12.0 Å². The number of rotatable bonds is 4. The summed E-state index contributed by atoms with van der Waals surface area (Å²) in [4.78, 5) is 4.39. The van der Waals surface area contributed by atoms with Crippen molar-refractivity contribution < 1.29 is 4.39 Å². The third-order valence-corrected chi connectivity index (χ3v) is 3.33. The fraction of sp³-hybridized carbons (Fsp3) is 0.312. The molecule has 1 aromatic heterocycles. The van der Waals surface area contributed by atoms with Crippen LogP contribution in [0.5, 0.6) is 0 Å². The van der Waals surface area contributed by atoms with Crippen molar-refractivity contribution in [1.29, 1.82) is 0 Å². The van der Waals surface area contributed by atoms with E-state index in [1.807, 2.05) is 25.3 Å². The second-order valence-corrected chi connectivity index (χ2v) is 5.09. The van der Waals surface area contributed by atoms with E-state index < -0.39 is 5.54 Å². The Morgan fingerprint density at radius 2 is 1.95 bits per heavy atom. The lowest BCUT2D eigenvalue weighted by Crippen LogP contribution is -2.36. The third-order valence-electron chi connectivity index (χ3n) is 3.33. The maximum atomic E-state index is 13.8. The van der Waals surface area contributed by atoms with Crippen molar-refractivity contribution in [1.82, 2.24) is 4.98 Å². The van der Waals surface area contributed by atoms with Crippen LogP contribution >= 0.6 is 0 Å². The molecule has 0 aliphatic carbocycles. The molecule has 2 rings (SSSR count). The summed E-state index contributed by atoms with van der Waals surface area (Å²) >= 11 is 0. The van der Waals surface area contributed by atoms with Crippen LogP contribution in [0.15, 0.2) is 42.6 Å². The van der Waals surface area contributed by atoms with Crippen molar-refractivity contribution in [3.8, 4) is 0 Å². The predicted octanol–water partition coefficient (Wildman–Crippen LogP) is 3.20. The molecule has 1 heterocycles. The van der Waals surface area contributed by atoms with E-state index in [9.17, 15) is 4.39 Å². The summed E-state index contributed by atoms with van der Waals surface area (Å²) < 4.78 is 13.8. The fourth-order valence-corrected chi connectivity index (χ4v) is 2.16. The number of aromatic nitrogens is 1. The van der Waals surface area contributed by atoms with Gasteiger partial charge in [0.1, 0.15) is 5.82 Å². The van der Waals surface area contributed by atoms with E-state index >= 15 is 0 Å². The summed E-state index contributed by atoms with van der Waals surface area (Å²) in [5, 5.41) is 0. The average Bonchev–Trinajstić information content (AvgIpc) is 2.39. The topological polar surface area (TPSA) is 38.9 Å². The molecule has 0 saturated carbocycles. The molecule has 0 spiro atoms. The van der Waals surface area contributed by atoms with Crippen LogP contribution in [0.4, 0.5) is 4.39 Å². The Morgan fingerprint density at radius 1 is 1.21 bits per heavy atom. The number of hydrogen-bond acceptors (Lipinski definition) is 2. The van der Waals surface area contributed by atoms with Crippen molar-refractivity contribution in [2.24, 2.45) is 5.73 Å². The molecule has 0 bridgehead atoms. The zero-order valence-corrected chi connectivity index (χ0v) is 11.4. The highest BCUT2D eigenvalue weighted by Gasteiger charge is 2.25. The number of hydrogen-bond donors (Lipinski definition) is 1. The van der Waals surface area contributed by atoms with Gasteiger partial charge in [0.2, 0.25) is 0 Å². The summed E-state index contributed by atoms with van der Waals surface area (Å²) in [7, 11) is 0. The minimum absolute atomic E-state index is 0.266. The Labute approximate surface area is 113 Å². The number of aryl methyl sites for hydroxylation is 1. The van der Waals surface area contributed by atoms with Gasteiger partial charge in [0.05, 0.1) is 0 Å². The van der Waals surface area contributed by atoms with Gasteiger partial charge < -0.3 is 5.73 Å². The lowest BCUT2D eigenvalue weighted by Gasteiger charge is -2.25. The summed E-state index contributed by atoms with van der Waals surface area (Å²) in [6.07, 6.45) is 3.32. The molecule has 0 amide bonds. The molecule has 0 aliphatic rings. The van der Waals surface area contributed by atoms with Crippen LogP contribution in [0, 0.1) is 5.82 Å². The summed E-state index contributed by atoms with van der Waals surface area (Å²) in [6, 6.07) is 10.6. The van der Waals surface area contributed by atoms with Crippen LogP contribution in [-0.2, 0) is 18.4 Å². The third kappa shape index (κ3) is 3.18. The Kier molecular flexibility index (Phi) is 3.96. The van der Waals surface area contributed by atoms with E-state index in [1.165, 1.54) is 11.6 Å². The number of halogens is 1. The molecule has 0 saturated heterocycles. The lowest BCUT2D eigenvalue weighted by molar-refractivity contribution is 0.453. The first kappa shape index (κ1) is 13.7. The highest BCUT2D eigenvalue weighted by atomic mass is 19.1. The van der Waals surface area contributed by atoms with Gasteiger partial charge in [0.25, 0.3) is 0 Å². The van der Waals surface area contributed by atoms with Gasteiger partial charge in [-0.1, -0.05) is 31.2 Å². The molecule has 1 aromatic carbocycles. The van der Waals surface area contributed by atoms with E-state index in [4.69, 9.17) is 5.73 Å². The maximum Gasteiger partial charge on any atom is 0.128 e. The quantitative estimate of drug-likeness (QED) is 0.914. The van der Waals surface area contributed by atoms with Crippen molar-refractivity contribution in [3.05, 3.63) is 65.2 Å². The van der Waals surface area contributed by atoms with Crippen LogP contribution in [0.1, 0.15) is 30.7 Å². The number of nitrogens with zero attached hydrogens (tertiary/aromatic N) is 1. The lowest BCUT2D eigenvalue weighted by atomic mass is 9.88. The molecular weight excluding hydrogens is 239 g/mol. The van der Waals surface area contributed by atoms with Crippen molar-refractivity contribution in [2.75, 3.05) is 0 Å². The molecule has 2 nitrogen and oxygen atoms in total.